The molecule has 1 fully saturated rings. The van der Waals surface area contributed by atoms with Crippen molar-refractivity contribution in [2.75, 3.05) is 30.3 Å². The molecule has 1 aliphatic heterocycles. The molecule has 0 aliphatic carbocycles. The maximum atomic E-state index is 5.17. The summed E-state index contributed by atoms with van der Waals surface area (Å²) >= 11 is 4.18. The molecule has 0 amide bonds. The molecule has 74 valence electrons. The highest BCUT2D eigenvalue weighted by Gasteiger charge is 2.12. The quantitative estimate of drug-likeness (QED) is 0.555. The first kappa shape index (κ1) is 11.3. The summed E-state index contributed by atoms with van der Waals surface area (Å²) in [5.74, 6) is 6.62. The number of hydrogen-bond acceptors (Lipinski definition) is 3. The predicted molar refractivity (Wildman–Crippen MR) is 64.5 cm³/mol. The second-order valence-electron chi connectivity index (χ2n) is 3.08. The Bertz CT molecular complexity index is 159. The van der Waals surface area contributed by atoms with Crippen LogP contribution in [0.15, 0.2) is 0 Å². The lowest BCUT2D eigenvalue weighted by Gasteiger charge is -2.21. The minimum Gasteiger partial charge on any atom is -0.316 e. The topological polar surface area (TPSA) is 12.0 Å². The fourth-order valence-corrected chi connectivity index (χ4v) is 3.88. The Kier molecular flexibility index (Phi) is 6.61. The molecule has 1 N–H and O–H groups in total. The second kappa shape index (κ2) is 7.61. The van der Waals surface area contributed by atoms with E-state index < -0.39 is 0 Å². The van der Waals surface area contributed by atoms with Crippen molar-refractivity contribution in [3.63, 3.8) is 0 Å². The molecule has 0 aromatic carbocycles. The molecule has 1 unspecified atom stereocenters. The highest BCUT2D eigenvalue weighted by atomic mass is 32.2. The molecule has 0 aromatic rings. The monoisotopic (exact) mass is 215 g/mol. The van der Waals surface area contributed by atoms with Crippen LogP contribution in [-0.2, 0) is 0 Å². The highest BCUT2D eigenvalue weighted by molar-refractivity contribution is 8.06. The van der Waals surface area contributed by atoms with E-state index in [1.54, 1.807) is 0 Å². The zero-order valence-electron chi connectivity index (χ0n) is 7.92. The Morgan fingerprint density at radius 2 is 2.38 bits per heavy atom. The van der Waals surface area contributed by atoms with E-state index in [2.05, 4.69) is 34.8 Å². The van der Waals surface area contributed by atoms with Gasteiger partial charge in [0.15, 0.2) is 0 Å². The van der Waals surface area contributed by atoms with Gasteiger partial charge in [-0.25, -0.2) is 0 Å². The van der Waals surface area contributed by atoms with E-state index in [4.69, 9.17) is 6.42 Å². The number of hydrogen-bond donors (Lipinski definition) is 1. The van der Waals surface area contributed by atoms with Crippen LogP contribution >= 0.6 is 23.5 Å². The van der Waals surface area contributed by atoms with E-state index in [-0.39, 0.29) is 0 Å². The first-order valence-corrected chi connectivity index (χ1v) is 6.97. The molecule has 0 bridgehead atoms. The van der Waals surface area contributed by atoms with Gasteiger partial charge >= 0.3 is 0 Å². The minimum absolute atomic E-state index is 0.824. The van der Waals surface area contributed by atoms with Crippen molar-refractivity contribution in [3.05, 3.63) is 0 Å². The third-order valence-electron chi connectivity index (χ3n) is 1.93. The van der Waals surface area contributed by atoms with Crippen molar-refractivity contribution in [1.82, 2.24) is 5.32 Å². The van der Waals surface area contributed by atoms with Gasteiger partial charge in [0.25, 0.3) is 0 Å². The number of nitrogens with one attached hydrogen (secondary N) is 1. The standard InChI is InChI=1S/C10H17NS2/c1-2-3-4-5-11-8-10-9-12-6-7-13-10/h1,10-11H,3-9H2. The summed E-state index contributed by atoms with van der Waals surface area (Å²) < 4.78 is 0. The second-order valence-corrected chi connectivity index (χ2v) is 5.64. The average molecular weight is 215 g/mol. The Balaban J connectivity index is 1.90. The lowest BCUT2D eigenvalue weighted by atomic mass is 10.3. The molecule has 0 aromatic heterocycles. The van der Waals surface area contributed by atoms with Gasteiger partial charge in [-0.2, -0.15) is 23.5 Å². The fourth-order valence-electron chi connectivity index (χ4n) is 1.23. The molecule has 1 saturated heterocycles. The summed E-state index contributed by atoms with van der Waals surface area (Å²) in [6, 6.07) is 0. The van der Waals surface area contributed by atoms with Crippen molar-refractivity contribution in [2.45, 2.75) is 18.1 Å². The zero-order valence-corrected chi connectivity index (χ0v) is 9.55. The van der Waals surface area contributed by atoms with Gasteiger partial charge in [0.1, 0.15) is 0 Å². The molecular weight excluding hydrogens is 198 g/mol. The Morgan fingerprint density at radius 1 is 1.46 bits per heavy atom. The van der Waals surface area contributed by atoms with Crippen LogP contribution in [-0.4, -0.2) is 35.6 Å². The number of thioether (sulfide) groups is 2. The average Bonchev–Trinajstić information content (AvgIpc) is 2.19. The predicted octanol–water partition coefficient (Wildman–Crippen LogP) is 1.84. The molecule has 1 rings (SSSR count). The number of unbranched alkanes of at least 4 members (excludes halogenated alkanes) is 1. The van der Waals surface area contributed by atoms with Crippen molar-refractivity contribution in [2.24, 2.45) is 0 Å². The zero-order chi connectivity index (χ0) is 9.36. The molecule has 0 radical (unpaired) electrons. The van der Waals surface area contributed by atoms with Gasteiger partial charge in [-0.3, -0.25) is 0 Å². The minimum atomic E-state index is 0.824. The van der Waals surface area contributed by atoms with E-state index in [0.717, 1.165) is 31.2 Å². The first-order valence-electron chi connectivity index (χ1n) is 4.77. The van der Waals surface area contributed by atoms with Gasteiger partial charge < -0.3 is 5.32 Å². The Morgan fingerprint density at radius 3 is 3.08 bits per heavy atom. The van der Waals surface area contributed by atoms with Crippen LogP contribution in [0.2, 0.25) is 0 Å². The lowest BCUT2D eigenvalue weighted by molar-refractivity contribution is 0.656. The first-order chi connectivity index (χ1) is 6.43. The summed E-state index contributed by atoms with van der Waals surface area (Å²) in [4.78, 5) is 0. The number of rotatable bonds is 5. The van der Waals surface area contributed by atoms with Crippen LogP contribution in [0.5, 0.6) is 0 Å². The van der Waals surface area contributed by atoms with Gasteiger partial charge in [-0.15, -0.1) is 12.3 Å². The molecule has 0 saturated carbocycles. The maximum absolute atomic E-state index is 5.17. The van der Waals surface area contributed by atoms with Crippen LogP contribution in [0, 0.1) is 12.3 Å². The summed E-state index contributed by atoms with van der Waals surface area (Å²) in [6.07, 6.45) is 7.18. The van der Waals surface area contributed by atoms with Crippen molar-refractivity contribution >= 4 is 23.5 Å². The van der Waals surface area contributed by atoms with E-state index in [1.807, 2.05) is 0 Å². The van der Waals surface area contributed by atoms with E-state index in [0.29, 0.717) is 0 Å². The van der Waals surface area contributed by atoms with Gasteiger partial charge in [-0.05, 0) is 13.0 Å². The van der Waals surface area contributed by atoms with Gasteiger partial charge in [-0.1, -0.05) is 0 Å². The Hall–Kier alpha value is 0.220. The highest BCUT2D eigenvalue weighted by Crippen LogP contribution is 2.23. The van der Waals surface area contributed by atoms with Crippen LogP contribution in [0.1, 0.15) is 12.8 Å². The molecule has 1 nitrogen and oxygen atoms in total. The van der Waals surface area contributed by atoms with E-state index in [1.165, 1.54) is 17.3 Å². The van der Waals surface area contributed by atoms with Crippen molar-refractivity contribution in [3.8, 4) is 12.3 Å². The smallest absolute Gasteiger partial charge is 0.0263 e. The third-order valence-corrected chi connectivity index (χ3v) is 4.78. The number of terminal acetylenes is 1. The molecule has 1 heterocycles. The Labute approximate surface area is 89.8 Å². The SMILES string of the molecule is C#CCCCNCC1CSCCS1. The van der Waals surface area contributed by atoms with Crippen LogP contribution in [0.25, 0.3) is 0 Å². The van der Waals surface area contributed by atoms with Crippen LogP contribution in [0.4, 0.5) is 0 Å². The van der Waals surface area contributed by atoms with E-state index in [9.17, 15) is 0 Å². The third kappa shape index (κ3) is 5.51. The molecule has 0 spiro atoms. The summed E-state index contributed by atoms with van der Waals surface area (Å²) in [6.45, 7) is 2.23. The van der Waals surface area contributed by atoms with Crippen LogP contribution < -0.4 is 5.32 Å². The maximum Gasteiger partial charge on any atom is 0.0263 e. The van der Waals surface area contributed by atoms with Gasteiger partial charge in [0.05, 0.1) is 0 Å². The summed E-state index contributed by atoms with van der Waals surface area (Å²) in [7, 11) is 0. The summed E-state index contributed by atoms with van der Waals surface area (Å²) in [5.41, 5.74) is 0. The molecule has 1 atom stereocenters. The fraction of sp³-hybridized carbons (Fsp3) is 0.800. The largest absolute Gasteiger partial charge is 0.316 e. The summed E-state index contributed by atoms with van der Waals surface area (Å²) in [5, 5.41) is 4.28. The van der Waals surface area contributed by atoms with Crippen molar-refractivity contribution < 1.29 is 0 Å². The lowest BCUT2D eigenvalue weighted by Crippen LogP contribution is -2.29. The molecular formula is C10H17NS2. The molecule has 3 heteroatoms. The van der Waals surface area contributed by atoms with Gasteiger partial charge in [0, 0.05) is 35.5 Å². The molecule has 13 heavy (non-hydrogen) atoms. The normalized spacial score (nSPS) is 22.5. The van der Waals surface area contributed by atoms with Crippen molar-refractivity contribution in [1.29, 1.82) is 0 Å². The molecule has 1 aliphatic rings. The van der Waals surface area contributed by atoms with Crippen LogP contribution in [0.3, 0.4) is 0 Å². The van der Waals surface area contributed by atoms with E-state index >= 15 is 0 Å². The van der Waals surface area contributed by atoms with Gasteiger partial charge in [0.2, 0.25) is 0 Å².